The number of carboxylic acids is 1. The number of aliphatic imine (C=N–C) groups is 1. The van der Waals surface area contributed by atoms with Crippen LogP contribution in [0, 0.1) is 5.92 Å². The van der Waals surface area contributed by atoms with Crippen LogP contribution in [0.2, 0.25) is 0 Å². The zero-order valence-corrected chi connectivity index (χ0v) is 35.8. The molecule has 1 aliphatic rings. The number of aliphatic carboxylic acids is 1. The minimum absolute atomic E-state index is 0.0313. The Hall–Kier alpha value is -6.11. The summed E-state index contributed by atoms with van der Waals surface area (Å²) in [6.45, 7) is 5.70. The molecule has 25 heteroatoms. The molecule has 0 bridgehead atoms. The van der Waals surface area contributed by atoms with E-state index in [1.54, 1.807) is 13.8 Å². The Morgan fingerprint density at radius 2 is 1.29 bits per heavy atom. The molecule has 0 radical (unpaired) electrons. The lowest BCUT2D eigenvalue weighted by Gasteiger charge is -2.28. The Bertz CT molecular complexity index is 1620. The van der Waals surface area contributed by atoms with Gasteiger partial charge in [-0.05, 0) is 77.7 Å². The SMILES string of the molecule is CC(C)C[C@H](NC(=O)[C@H](C)N)C(=O)N[C@@H](CC(N)=O)C(=O)NCC(=O)N[C@@H](CCCCN)C(=O)NCC(=O)N[C@@H](C)C(=O)N1CCC[C@H]1C(=O)N[C@@H](CCCN=C(N)N)C(=O)O. The van der Waals surface area contributed by atoms with E-state index in [-0.39, 0.29) is 63.6 Å². The minimum Gasteiger partial charge on any atom is -0.480 e. The maximum Gasteiger partial charge on any atom is 0.326 e. The van der Waals surface area contributed by atoms with Crippen molar-refractivity contribution in [1.29, 1.82) is 0 Å². The van der Waals surface area contributed by atoms with Gasteiger partial charge in [0.2, 0.25) is 53.2 Å². The summed E-state index contributed by atoms with van der Waals surface area (Å²) in [6.07, 6.45) is 1.49. The van der Waals surface area contributed by atoms with Crippen molar-refractivity contribution in [3.05, 3.63) is 0 Å². The van der Waals surface area contributed by atoms with Crippen LogP contribution in [0.3, 0.4) is 0 Å². The van der Waals surface area contributed by atoms with Crippen molar-refractivity contribution < 1.29 is 53.1 Å². The van der Waals surface area contributed by atoms with E-state index in [1.807, 2.05) is 0 Å². The minimum atomic E-state index is -1.53. The molecule has 1 heterocycles. The van der Waals surface area contributed by atoms with E-state index < -0.39 is 121 Å². The normalized spacial score (nSPS) is 16.2. The molecule has 0 aliphatic carbocycles. The first kappa shape index (κ1) is 53.9. The van der Waals surface area contributed by atoms with Crippen LogP contribution in [-0.2, 0) is 47.9 Å². The summed E-state index contributed by atoms with van der Waals surface area (Å²) in [7, 11) is 0. The van der Waals surface area contributed by atoms with Crippen LogP contribution in [0.1, 0.15) is 85.5 Å². The van der Waals surface area contributed by atoms with Gasteiger partial charge in [0.05, 0.1) is 25.6 Å². The molecule has 25 nitrogen and oxygen atoms in total. The summed E-state index contributed by atoms with van der Waals surface area (Å²) in [5, 5.41) is 26.6. The lowest BCUT2D eigenvalue weighted by Crippen LogP contribution is -2.57. The molecule has 1 saturated heterocycles. The van der Waals surface area contributed by atoms with Crippen LogP contribution in [0.4, 0.5) is 0 Å². The third-order valence-electron chi connectivity index (χ3n) is 9.38. The number of primary amides is 1. The van der Waals surface area contributed by atoms with E-state index in [4.69, 9.17) is 28.7 Å². The highest BCUT2D eigenvalue weighted by atomic mass is 16.4. The van der Waals surface area contributed by atoms with Crippen LogP contribution in [-0.4, -0.2) is 150 Å². The van der Waals surface area contributed by atoms with Gasteiger partial charge in [-0.3, -0.25) is 48.1 Å². The fourth-order valence-corrected chi connectivity index (χ4v) is 6.21. The Morgan fingerprint density at radius 1 is 0.710 bits per heavy atom. The molecular weight excluding hydrogens is 816 g/mol. The first-order chi connectivity index (χ1) is 29.1. The van der Waals surface area contributed by atoms with Gasteiger partial charge in [0, 0.05) is 13.1 Å². The van der Waals surface area contributed by atoms with E-state index in [0.29, 0.717) is 19.3 Å². The number of nitrogens with zero attached hydrogens (tertiary/aromatic N) is 2. The Balaban J connectivity index is 2.86. The fourth-order valence-electron chi connectivity index (χ4n) is 6.21. The first-order valence-corrected chi connectivity index (χ1v) is 20.5. The highest BCUT2D eigenvalue weighted by Gasteiger charge is 2.38. The molecule has 18 N–H and O–H groups in total. The average molecular weight is 883 g/mol. The van der Waals surface area contributed by atoms with Crippen molar-refractivity contribution in [2.24, 2.45) is 39.6 Å². The van der Waals surface area contributed by atoms with Gasteiger partial charge < -0.3 is 75.9 Å². The largest absolute Gasteiger partial charge is 0.480 e. The summed E-state index contributed by atoms with van der Waals surface area (Å²) in [5.74, 6) is -8.50. The van der Waals surface area contributed by atoms with E-state index in [1.165, 1.54) is 18.7 Å². The molecule has 0 aromatic carbocycles. The molecule has 0 saturated carbocycles. The van der Waals surface area contributed by atoms with Gasteiger partial charge in [-0.15, -0.1) is 0 Å². The molecule has 0 unspecified atom stereocenters. The lowest BCUT2D eigenvalue weighted by atomic mass is 10.0. The van der Waals surface area contributed by atoms with Gasteiger partial charge in [-0.2, -0.15) is 0 Å². The number of guanidine groups is 1. The van der Waals surface area contributed by atoms with Crippen LogP contribution >= 0.6 is 0 Å². The maximum absolute atomic E-state index is 13.3. The highest BCUT2D eigenvalue weighted by molar-refractivity contribution is 5.97. The number of nitrogens with one attached hydrogen (secondary N) is 7. The number of hydrogen-bond donors (Lipinski definition) is 13. The van der Waals surface area contributed by atoms with Gasteiger partial charge in [0.1, 0.15) is 36.3 Å². The van der Waals surface area contributed by atoms with Crippen LogP contribution in [0.15, 0.2) is 4.99 Å². The number of unbranched alkanes of at least 4 members (excludes halogenated alkanes) is 1. The molecule has 0 aromatic rings. The number of likely N-dealkylation sites (tertiary alicyclic amines) is 1. The summed E-state index contributed by atoms with van der Waals surface area (Å²) >= 11 is 0. The summed E-state index contributed by atoms with van der Waals surface area (Å²) in [5.41, 5.74) is 27.1. The van der Waals surface area contributed by atoms with E-state index in [0.717, 1.165) is 0 Å². The quantitative estimate of drug-likeness (QED) is 0.0198. The predicted molar refractivity (Wildman–Crippen MR) is 223 cm³/mol. The van der Waals surface area contributed by atoms with E-state index >= 15 is 0 Å². The predicted octanol–water partition coefficient (Wildman–Crippen LogP) is -5.81. The number of amides is 9. The number of nitrogens with two attached hydrogens (primary N) is 5. The number of rotatable bonds is 28. The molecule has 7 atom stereocenters. The van der Waals surface area contributed by atoms with Crippen molar-refractivity contribution >= 4 is 65.1 Å². The fraction of sp³-hybridized carbons (Fsp3) is 0.703. The van der Waals surface area contributed by atoms with Gasteiger partial charge in [0.25, 0.3) is 0 Å². The smallest absolute Gasteiger partial charge is 0.326 e. The maximum atomic E-state index is 13.3. The zero-order chi connectivity index (χ0) is 47.1. The number of hydrogen-bond acceptors (Lipinski definition) is 13. The van der Waals surface area contributed by atoms with Gasteiger partial charge >= 0.3 is 5.97 Å². The topological polar surface area (TPSA) is 421 Å². The standard InChI is InChI=1S/C37H66N14O11/c1-19(2)15-24(49-30(55)20(3)39)33(58)50-25(16-27(40)52)32(57)45-18-29(54)47-22(9-5-6-12-38)31(56)44-17-28(53)46-21(4)35(60)51-14-8-11-26(51)34(59)48-23(36(61)62)10-7-13-43-37(41)42/h19-26H,5-18,38-39H2,1-4H3,(H2,40,52)(H,44,56)(H,45,57)(H,46,53)(H,47,54)(H,48,59)(H,49,55)(H,50,58)(H,61,62)(H4,41,42,43)/t20-,21-,22-,23-,24-,25-,26-/m0/s1. The summed E-state index contributed by atoms with van der Waals surface area (Å²) < 4.78 is 0. The van der Waals surface area contributed by atoms with Gasteiger partial charge in [-0.1, -0.05) is 13.8 Å². The van der Waals surface area contributed by atoms with Crippen molar-refractivity contribution in [2.45, 2.75) is 128 Å². The second kappa shape index (κ2) is 27.7. The van der Waals surface area contributed by atoms with Gasteiger partial charge in [0.15, 0.2) is 5.96 Å². The Morgan fingerprint density at radius 3 is 1.84 bits per heavy atom. The Kier molecular flexibility index (Phi) is 24.1. The van der Waals surface area contributed by atoms with Crippen molar-refractivity contribution in [1.82, 2.24) is 42.1 Å². The monoisotopic (exact) mass is 883 g/mol. The third kappa shape index (κ3) is 20.4. The molecule has 9 amide bonds. The second-order valence-corrected chi connectivity index (χ2v) is 15.4. The van der Waals surface area contributed by atoms with E-state index in [2.05, 4.69) is 42.2 Å². The molecule has 350 valence electrons. The van der Waals surface area contributed by atoms with Crippen molar-refractivity contribution in [2.75, 3.05) is 32.7 Å². The number of carbonyl (C=O) groups excluding carboxylic acids is 9. The second-order valence-electron chi connectivity index (χ2n) is 15.4. The molecule has 0 aromatic heterocycles. The highest BCUT2D eigenvalue weighted by Crippen LogP contribution is 2.19. The number of carboxylic acid groups (broad SMARTS) is 1. The van der Waals surface area contributed by atoms with Crippen LogP contribution in [0.25, 0.3) is 0 Å². The lowest BCUT2D eigenvalue weighted by molar-refractivity contribution is -0.144. The zero-order valence-electron chi connectivity index (χ0n) is 35.8. The van der Waals surface area contributed by atoms with Crippen LogP contribution in [0.5, 0.6) is 0 Å². The van der Waals surface area contributed by atoms with Crippen molar-refractivity contribution in [3.63, 3.8) is 0 Å². The molecule has 0 spiro atoms. The summed E-state index contributed by atoms with van der Waals surface area (Å²) in [4.78, 5) is 132. The van der Waals surface area contributed by atoms with Crippen LogP contribution < -0.4 is 65.9 Å². The molecule has 1 aliphatic heterocycles. The van der Waals surface area contributed by atoms with E-state index in [9.17, 15) is 53.1 Å². The molecule has 1 rings (SSSR count). The summed E-state index contributed by atoms with van der Waals surface area (Å²) in [6, 6.07) is -8.15. The molecule has 62 heavy (non-hydrogen) atoms. The molecule has 1 fully saturated rings. The average Bonchev–Trinajstić information content (AvgIpc) is 3.68. The third-order valence-corrected chi connectivity index (χ3v) is 9.38. The first-order valence-electron chi connectivity index (χ1n) is 20.5. The van der Waals surface area contributed by atoms with Crippen molar-refractivity contribution in [3.8, 4) is 0 Å². The number of carbonyl (C=O) groups is 10. The Labute approximate surface area is 359 Å². The van der Waals surface area contributed by atoms with Gasteiger partial charge in [-0.25, -0.2) is 4.79 Å². The molecular formula is C37H66N14O11.